The van der Waals surface area contributed by atoms with Crippen LogP contribution in [0.1, 0.15) is 44.2 Å². The van der Waals surface area contributed by atoms with E-state index in [9.17, 15) is 0 Å². The first-order chi connectivity index (χ1) is 9.29. The molecule has 2 nitrogen and oxygen atoms in total. The molecule has 0 radical (unpaired) electrons. The molecule has 1 heterocycles. The van der Waals surface area contributed by atoms with Gasteiger partial charge in [-0.05, 0) is 36.3 Å². The summed E-state index contributed by atoms with van der Waals surface area (Å²) in [5.41, 5.74) is 8.68. The molecule has 1 unspecified atom stereocenters. The highest BCUT2D eigenvalue weighted by Crippen LogP contribution is 2.31. The maximum Gasteiger partial charge on any atom is 0.0482 e. The molecule has 1 fully saturated rings. The summed E-state index contributed by atoms with van der Waals surface area (Å²) in [4.78, 5) is 0. The van der Waals surface area contributed by atoms with Gasteiger partial charge in [0.25, 0.3) is 0 Å². The Morgan fingerprint density at radius 3 is 2.74 bits per heavy atom. The summed E-state index contributed by atoms with van der Waals surface area (Å²) < 4.78 is 2.53. The van der Waals surface area contributed by atoms with Crippen molar-refractivity contribution < 1.29 is 0 Å². The van der Waals surface area contributed by atoms with Crippen molar-refractivity contribution in [3.8, 4) is 0 Å². The Morgan fingerprint density at radius 2 is 2.00 bits per heavy atom. The highest BCUT2D eigenvalue weighted by molar-refractivity contribution is 5.81. The van der Waals surface area contributed by atoms with Crippen LogP contribution in [0.25, 0.3) is 10.9 Å². The van der Waals surface area contributed by atoms with Crippen molar-refractivity contribution in [2.75, 3.05) is 6.54 Å². The molecule has 1 aliphatic carbocycles. The van der Waals surface area contributed by atoms with Gasteiger partial charge in [-0.3, -0.25) is 0 Å². The lowest BCUT2D eigenvalue weighted by molar-refractivity contribution is 0.451. The second kappa shape index (κ2) is 5.38. The van der Waals surface area contributed by atoms with E-state index in [1.54, 1.807) is 0 Å². The fourth-order valence-electron chi connectivity index (χ4n) is 3.42. The van der Waals surface area contributed by atoms with Gasteiger partial charge >= 0.3 is 0 Å². The van der Waals surface area contributed by atoms with Crippen molar-refractivity contribution >= 4 is 10.9 Å². The number of rotatable bonds is 4. The van der Waals surface area contributed by atoms with Crippen LogP contribution >= 0.6 is 0 Å². The van der Waals surface area contributed by atoms with Gasteiger partial charge in [-0.15, -0.1) is 0 Å². The highest BCUT2D eigenvalue weighted by Gasteiger charge is 2.19. The minimum Gasteiger partial charge on any atom is -0.344 e. The zero-order valence-corrected chi connectivity index (χ0v) is 11.8. The number of para-hydroxylation sites is 1. The average molecular weight is 256 g/mol. The zero-order valence-electron chi connectivity index (χ0n) is 11.8. The van der Waals surface area contributed by atoms with Crippen molar-refractivity contribution in [3.05, 3.63) is 36.0 Å². The van der Waals surface area contributed by atoms with E-state index >= 15 is 0 Å². The number of aromatic nitrogens is 1. The second-order valence-electron chi connectivity index (χ2n) is 6.03. The normalized spacial score (nSPS) is 18.2. The summed E-state index contributed by atoms with van der Waals surface area (Å²) in [5, 5.41) is 1.36. The van der Waals surface area contributed by atoms with E-state index < -0.39 is 0 Å². The quantitative estimate of drug-likeness (QED) is 0.884. The van der Waals surface area contributed by atoms with E-state index in [0.717, 1.165) is 12.5 Å². The third kappa shape index (κ3) is 2.42. The van der Waals surface area contributed by atoms with Gasteiger partial charge in [-0.25, -0.2) is 0 Å². The van der Waals surface area contributed by atoms with Gasteiger partial charge in [0, 0.05) is 30.2 Å². The van der Waals surface area contributed by atoms with E-state index in [1.807, 2.05) is 0 Å². The molecule has 0 saturated heterocycles. The van der Waals surface area contributed by atoms with E-state index in [1.165, 1.54) is 48.8 Å². The lowest BCUT2D eigenvalue weighted by Gasteiger charge is -2.18. The van der Waals surface area contributed by atoms with Crippen LogP contribution in [0.5, 0.6) is 0 Å². The van der Waals surface area contributed by atoms with Gasteiger partial charge in [0.15, 0.2) is 0 Å². The predicted octanol–water partition coefficient (Wildman–Crippen LogP) is 3.89. The smallest absolute Gasteiger partial charge is 0.0482 e. The van der Waals surface area contributed by atoms with Crippen LogP contribution < -0.4 is 5.73 Å². The number of hydrogen-bond acceptors (Lipinski definition) is 1. The molecule has 0 aliphatic heterocycles. The predicted molar refractivity (Wildman–Crippen MR) is 81.4 cm³/mol. The van der Waals surface area contributed by atoms with Gasteiger partial charge in [-0.2, -0.15) is 0 Å². The summed E-state index contributed by atoms with van der Waals surface area (Å²) in [6.07, 6.45) is 5.60. The molecule has 19 heavy (non-hydrogen) atoms. The van der Waals surface area contributed by atoms with Crippen LogP contribution in [0, 0.1) is 5.92 Å². The molecule has 1 aromatic heterocycles. The highest BCUT2D eigenvalue weighted by atomic mass is 15.0. The molecule has 1 saturated carbocycles. The van der Waals surface area contributed by atoms with Crippen molar-refractivity contribution in [3.63, 3.8) is 0 Å². The molecule has 1 aliphatic rings. The standard InChI is InChI=1S/C17H24N2/c1-13(11-18)17-10-15-8-4-5-9-16(15)19(17)12-14-6-2-3-7-14/h4-5,8-10,13-14H,2-3,6-7,11-12,18H2,1H3. The van der Waals surface area contributed by atoms with Gasteiger partial charge in [0.05, 0.1) is 0 Å². The molecule has 2 N–H and O–H groups in total. The summed E-state index contributed by atoms with van der Waals surface area (Å²) in [7, 11) is 0. The van der Waals surface area contributed by atoms with Gasteiger partial charge < -0.3 is 10.3 Å². The van der Waals surface area contributed by atoms with E-state index in [2.05, 4.69) is 41.8 Å². The van der Waals surface area contributed by atoms with Crippen molar-refractivity contribution in [2.45, 2.75) is 45.1 Å². The molecule has 0 bridgehead atoms. The minimum atomic E-state index is 0.439. The second-order valence-corrected chi connectivity index (χ2v) is 6.03. The molecule has 0 spiro atoms. The van der Waals surface area contributed by atoms with Gasteiger partial charge in [-0.1, -0.05) is 38.0 Å². The first-order valence-electron chi connectivity index (χ1n) is 7.58. The monoisotopic (exact) mass is 256 g/mol. The van der Waals surface area contributed by atoms with Crippen LogP contribution in [-0.2, 0) is 6.54 Å². The number of nitrogens with two attached hydrogens (primary N) is 1. The fourth-order valence-corrected chi connectivity index (χ4v) is 3.42. The Bertz CT molecular complexity index is 549. The third-order valence-corrected chi connectivity index (χ3v) is 4.62. The van der Waals surface area contributed by atoms with Crippen molar-refractivity contribution in [1.29, 1.82) is 0 Å². The number of benzene rings is 1. The SMILES string of the molecule is CC(CN)c1cc2ccccc2n1CC1CCCC1. The topological polar surface area (TPSA) is 30.9 Å². The molecule has 0 amide bonds. The Morgan fingerprint density at radius 1 is 1.26 bits per heavy atom. The lowest BCUT2D eigenvalue weighted by atomic mass is 10.1. The fraction of sp³-hybridized carbons (Fsp3) is 0.529. The first kappa shape index (κ1) is 12.7. The van der Waals surface area contributed by atoms with E-state index in [0.29, 0.717) is 5.92 Å². The molecule has 102 valence electrons. The molecule has 2 heteroatoms. The third-order valence-electron chi connectivity index (χ3n) is 4.62. The zero-order chi connectivity index (χ0) is 13.2. The van der Waals surface area contributed by atoms with Crippen LogP contribution in [-0.4, -0.2) is 11.1 Å². The molecule has 2 aromatic rings. The van der Waals surface area contributed by atoms with Gasteiger partial charge in [0.2, 0.25) is 0 Å². The average Bonchev–Trinajstić information content (AvgIpc) is 3.07. The Labute approximate surface area is 115 Å². The van der Waals surface area contributed by atoms with Crippen LogP contribution in [0.4, 0.5) is 0 Å². The molecule has 1 aromatic carbocycles. The molecular formula is C17H24N2. The van der Waals surface area contributed by atoms with E-state index in [-0.39, 0.29) is 0 Å². The largest absolute Gasteiger partial charge is 0.344 e. The van der Waals surface area contributed by atoms with Crippen LogP contribution in [0.15, 0.2) is 30.3 Å². The van der Waals surface area contributed by atoms with Gasteiger partial charge in [0.1, 0.15) is 0 Å². The summed E-state index contributed by atoms with van der Waals surface area (Å²) >= 11 is 0. The number of nitrogens with zero attached hydrogens (tertiary/aromatic N) is 1. The first-order valence-corrected chi connectivity index (χ1v) is 7.58. The van der Waals surface area contributed by atoms with Crippen molar-refractivity contribution in [2.24, 2.45) is 11.7 Å². The summed E-state index contributed by atoms with van der Waals surface area (Å²) in [6.45, 7) is 4.13. The maximum atomic E-state index is 5.89. The number of hydrogen-bond donors (Lipinski definition) is 1. The van der Waals surface area contributed by atoms with Crippen molar-refractivity contribution in [1.82, 2.24) is 4.57 Å². The van der Waals surface area contributed by atoms with Crippen LogP contribution in [0.2, 0.25) is 0 Å². The Kier molecular flexibility index (Phi) is 3.61. The summed E-state index contributed by atoms with van der Waals surface area (Å²) in [5.74, 6) is 1.30. The minimum absolute atomic E-state index is 0.439. The maximum absolute atomic E-state index is 5.89. The Hall–Kier alpha value is -1.28. The lowest BCUT2D eigenvalue weighted by Crippen LogP contribution is -2.16. The molecule has 3 rings (SSSR count). The van der Waals surface area contributed by atoms with E-state index in [4.69, 9.17) is 5.73 Å². The molecule has 1 atom stereocenters. The summed E-state index contributed by atoms with van der Waals surface area (Å²) in [6, 6.07) is 11.1. The molecular weight excluding hydrogens is 232 g/mol. The van der Waals surface area contributed by atoms with Crippen LogP contribution in [0.3, 0.4) is 0 Å². The number of fused-ring (bicyclic) bond motifs is 1. The Balaban J connectivity index is 2.02.